The highest BCUT2D eigenvalue weighted by molar-refractivity contribution is 7.89. The molecule has 0 bridgehead atoms. The van der Waals surface area contributed by atoms with Crippen LogP contribution in [0.25, 0.3) is 10.9 Å². The molecule has 0 unspecified atom stereocenters. The first-order valence-corrected chi connectivity index (χ1v) is 9.61. The highest BCUT2D eigenvalue weighted by atomic mass is 32.2. The van der Waals surface area contributed by atoms with Gasteiger partial charge in [-0.25, -0.2) is 22.9 Å². The molecular formula is C16H17N5O4S. The molecule has 9 nitrogen and oxygen atoms in total. The Labute approximate surface area is 148 Å². The van der Waals surface area contributed by atoms with E-state index in [1.165, 1.54) is 18.2 Å². The summed E-state index contributed by atoms with van der Waals surface area (Å²) < 4.78 is 30.1. The van der Waals surface area contributed by atoms with Crippen molar-refractivity contribution in [3.8, 4) is 0 Å². The predicted octanol–water partition coefficient (Wildman–Crippen LogP) is 0.0146. The number of H-pyrrole nitrogens is 2. The minimum atomic E-state index is -3.80. The van der Waals surface area contributed by atoms with Crippen molar-refractivity contribution in [2.24, 2.45) is 0 Å². The minimum Gasteiger partial charge on any atom is -0.333 e. The van der Waals surface area contributed by atoms with Crippen LogP contribution in [-0.2, 0) is 23.0 Å². The van der Waals surface area contributed by atoms with Gasteiger partial charge in [-0.1, -0.05) is 0 Å². The summed E-state index contributed by atoms with van der Waals surface area (Å²) in [5.41, 5.74) is -0.0676. The summed E-state index contributed by atoms with van der Waals surface area (Å²) in [5.74, 6) is 0.958. The van der Waals surface area contributed by atoms with E-state index in [4.69, 9.17) is 0 Å². The van der Waals surface area contributed by atoms with Crippen LogP contribution in [0.5, 0.6) is 0 Å². The molecule has 0 saturated carbocycles. The van der Waals surface area contributed by atoms with Gasteiger partial charge >= 0.3 is 5.69 Å². The second kappa shape index (κ2) is 5.92. The van der Waals surface area contributed by atoms with Crippen LogP contribution in [0.4, 0.5) is 0 Å². The average molecular weight is 375 g/mol. The molecule has 10 heteroatoms. The summed E-state index contributed by atoms with van der Waals surface area (Å²) in [6.45, 7) is 2.42. The molecule has 1 atom stereocenters. The second-order valence-corrected chi connectivity index (χ2v) is 8.14. The van der Waals surface area contributed by atoms with Crippen molar-refractivity contribution >= 4 is 20.9 Å². The number of hydrogen-bond acceptors (Lipinski definition) is 5. The first-order valence-electron chi connectivity index (χ1n) is 8.13. The lowest BCUT2D eigenvalue weighted by molar-refractivity contribution is 0.421. The molecule has 2 aromatic heterocycles. The van der Waals surface area contributed by atoms with E-state index in [1.54, 1.807) is 0 Å². The van der Waals surface area contributed by atoms with Gasteiger partial charge in [-0.05, 0) is 31.5 Å². The third-order valence-electron chi connectivity index (χ3n) is 4.46. The van der Waals surface area contributed by atoms with Crippen LogP contribution in [0.2, 0.25) is 0 Å². The molecule has 3 N–H and O–H groups in total. The molecule has 136 valence electrons. The van der Waals surface area contributed by atoms with Crippen LogP contribution >= 0.6 is 0 Å². The van der Waals surface area contributed by atoms with Crippen molar-refractivity contribution in [3.63, 3.8) is 0 Å². The zero-order valence-corrected chi connectivity index (χ0v) is 14.8. The summed E-state index contributed by atoms with van der Waals surface area (Å²) >= 11 is 0. The first kappa shape index (κ1) is 16.7. The van der Waals surface area contributed by atoms with Gasteiger partial charge in [0.05, 0.1) is 21.5 Å². The Morgan fingerprint density at radius 3 is 2.88 bits per heavy atom. The third kappa shape index (κ3) is 2.97. The van der Waals surface area contributed by atoms with Crippen molar-refractivity contribution in [2.45, 2.75) is 37.2 Å². The zero-order valence-electron chi connectivity index (χ0n) is 13.9. The number of aromatic nitrogens is 4. The molecule has 1 aromatic carbocycles. The number of aryl methyl sites for hydroxylation is 2. The van der Waals surface area contributed by atoms with Crippen molar-refractivity contribution in [3.05, 3.63) is 56.8 Å². The SMILES string of the molecule is Cc1cn2c(n1)CC[C@H](NS(=O)(=O)c1ccc3[nH]c(=O)[nH]c(=O)c3c1)C2. The summed E-state index contributed by atoms with van der Waals surface area (Å²) in [5, 5.41) is 0.114. The van der Waals surface area contributed by atoms with E-state index in [0.29, 0.717) is 19.4 Å². The number of imidazole rings is 1. The lowest BCUT2D eigenvalue weighted by Crippen LogP contribution is -2.40. The number of fused-ring (bicyclic) bond motifs is 2. The minimum absolute atomic E-state index is 0.0184. The quantitative estimate of drug-likeness (QED) is 0.594. The number of hydrogen-bond donors (Lipinski definition) is 3. The highest BCUT2D eigenvalue weighted by Gasteiger charge is 2.25. The molecule has 0 aliphatic carbocycles. The van der Waals surface area contributed by atoms with Crippen LogP contribution in [-0.4, -0.2) is 34.0 Å². The Hall–Kier alpha value is -2.72. The standard InChI is InChI=1S/C16H17N5O4S/c1-9-7-21-8-10(2-5-14(21)17-9)20-26(24,25)11-3-4-13-12(6-11)15(22)19-16(23)18-13/h3-4,6-7,10,20H,2,5,8H2,1H3,(H2,18,19,22,23)/t10-/m0/s1. The molecule has 3 aromatic rings. The molecule has 4 rings (SSSR count). The summed E-state index contributed by atoms with van der Waals surface area (Å²) in [6.07, 6.45) is 3.25. The van der Waals surface area contributed by atoms with Gasteiger partial charge in [0.25, 0.3) is 5.56 Å². The number of benzene rings is 1. The van der Waals surface area contributed by atoms with Gasteiger partial charge in [0.15, 0.2) is 0 Å². The second-order valence-electron chi connectivity index (χ2n) is 6.42. The molecule has 26 heavy (non-hydrogen) atoms. The van der Waals surface area contributed by atoms with Gasteiger partial charge in [-0.3, -0.25) is 9.78 Å². The number of rotatable bonds is 3. The van der Waals surface area contributed by atoms with Crippen molar-refractivity contribution < 1.29 is 8.42 Å². The van der Waals surface area contributed by atoms with Gasteiger partial charge in [-0.2, -0.15) is 0 Å². The molecule has 0 radical (unpaired) electrons. The molecule has 0 amide bonds. The Morgan fingerprint density at radius 1 is 1.27 bits per heavy atom. The fourth-order valence-electron chi connectivity index (χ4n) is 3.28. The maximum absolute atomic E-state index is 12.7. The van der Waals surface area contributed by atoms with E-state index in [2.05, 4.69) is 19.7 Å². The Bertz CT molecular complexity index is 1220. The lowest BCUT2D eigenvalue weighted by Gasteiger charge is -2.24. The molecule has 0 fully saturated rings. The fraction of sp³-hybridized carbons (Fsp3) is 0.312. The smallest absolute Gasteiger partial charge is 0.326 e. The predicted molar refractivity (Wildman–Crippen MR) is 94.6 cm³/mol. The van der Waals surface area contributed by atoms with Crippen LogP contribution < -0.4 is 16.0 Å². The molecule has 0 saturated heterocycles. The lowest BCUT2D eigenvalue weighted by atomic mass is 10.1. The molecule has 3 heterocycles. The average Bonchev–Trinajstić information content (AvgIpc) is 2.93. The third-order valence-corrected chi connectivity index (χ3v) is 5.97. The Morgan fingerprint density at radius 2 is 2.08 bits per heavy atom. The van der Waals surface area contributed by atoms with Crippen molar-refractivity contribution in [1.82, 2.24) is 24.2 Å². The van der Waals surface area contributed by atoms with Crippen LogP contribution in [0.3, 0.4) is 0 Å². The van der Waals surface area contributed by atoms with Gasteiger partial charge in [0.2, 0.25) is 10.0 Å². The molecular weight excluding hydrogens is 358 g/mol. The van der Waals surface area contributed by atoms with Crippen molar-refractivity contribution in [1.29, 1.82) is 0 Å². The fourth-order valence-corrected chi connectivity index (χ4v) is 4.57. The van der Waals surface area contributed by atoms with E-state index in [1.807, 2.05) is 17.7 Å². The van der Waals surface area contributed by atoms with E-state index >= 15 is 0 Å². The van der Waals surface area contributed by atoms with Gasteiger partial charge in [0.1, 0.15) is 5.82 Å². The van der Waals surface area contributed by atoms with E-state index in [9.17, 15) is 18.0 Å². The maximum atomic E-state index is 12.7. The molecule has 1 aliphatic heterocycles. The largest absolute Gasteiger partial charge is 0.333 e. The van der Waals surface area contributed by atoms with Crippen LogP contribution in [0.1, 0.15) is 17.9 Å². The van der Waals surface area contributed by atoms with E-state index in [0.717, 1.165) is 11.5 Å². The Kier molecular flexibility index (Phi) is 3.81. The van der Waals surface area contributed by atoms with Crippen molar-refractivity contribution in [2.75, 3.05) is 0 Å². The molecule has 1 aliphatic rings. The van der Waals surface area contributed by atoms with Crippen LogP contribution in [0.15, 0.2) is 38.9 Å². The Balaban J connectivity index is 1.64. The van der Waals surface area contributed by atoms with Crippen LogP contribution in [0, 0.1) is 6.92 Å². The summed E-state index contributed by atoms with van der Waals surface area (Å²) in [6, 6.07) is 3.79. The van der Waals surface area contributed by atoms with Gasteiger partial charge in [0, 0.05) is 25.2 Å². The molecule has 0 spiro atoms. The van der Waals surface area contributed by atoms with Gasteiger partial charge < -0.3 is 9.55 Å². The summed E-state index contributed by atoms with van der Waals surface area (Å²) in [7, 11) is -3.80. The number of nitrogens with zero attached hydrogens (tertiary/aromatic N) is 2. The number of sulfonamides is 1. The monoisotopic (exact) mass is 375 g/mol. The number of nitrogens with one attached hydrogen (secondary N) is 3. The summed E-state index contributed by atoms with van der Waals surface area (Å²) in [4.78, 5) is 32.2. The number of aromatic amines is 2. The highest BCUT2D eigenvalue weighted by Crippen LogP contribution is 2.19. The normalized spacial score (nSPS) is 17.3. The zero-order chi connectivity index (χ0) is 18.5. The van der Waals surface area contributed by atoms with Gasteiger partial charge in [-0.15, -0.1) is 0 Å². The first-order chi connectivity index (χ1) is 12.3. The van der Waals surface area contributed by atoms with E-state index < -0.39 is 21.3 Å². The van der Waals surface area contributed by atoms with E-state index in [-0.39, 0.29) is 21.8 Å². The topological polar surface area (TPSA) is 130 Å². The maximum Gasteiger partial charge on any atom is 0.326 e.